The van der Waals surface area contributed by atoms with E-state index < -0.39 is 41.6 Å². The molecular formula is C20H17F2N3O4. The molecule has 0 saturated carbocycles. The Morgan fingerprint density at radius 3 is 2.52 bits per heavy atom. The number of carbonyl (C=O) groups excluding carboxylic acids is 4. The van der Waals surface area contributed by atoms with Crippen molar-refractivity contribution in [2.75, 3.05) is 11.9 Å². The first-order valence-electron chi connectivity index (χ1n) is 8.63. The molecule has 1 saturated heterocycles. The zero-order chi connectivity index (χ0) is 21.3. The highest BCUT2D eigenvalue weighted by Crippen LogP contribution is 2.31. The van der Waals surface area contributed by atoms with E-state index in [1.807, 2.05) is 0 Å². The first kappa shape index (κ1) is 20.1. The highest BCUT2D eigenvalue weighted by Gasteiger charge is 2.50. The van der Waals surface area contributed by atoms with Gasteiger partial charge >= 0.3 is 6.03 Å². The molecule has 0 unspecified atom stereocenters. The first-order chi connectivity index (χ1) is 13.6. The number of Topliss-reactive ketones (excluding diaryl/α,β-unsaturated/α-hetero) is 1. The molecule has 1 aliphatic rings. The van der Waals surface area contributed by atoms with Gasteiger partial charge in [-0.1, -0.05) is 12.1 Å². The molecule has 7 nitrogen and oxygen atoms in total. The molecule has 4 amide bonds. The van der Waals surface area contributed by atoms with E-state index in [4.69, 9.17) is 0 Å². The second kappa shape index (κ2) is 7.42. The lowest BCUT2D eigenvalue weighted by molar-refractivity contribution is -0.133. The quantitative estimate of drug-likeness (QED) is 0.595. The minimum absolute atomic E-state index is 0.232. The Labute approximate surface area is 164 Å². The second-order valence-electron chi connectivity index (χ2n) is 6.72. The van der Waals surface area contributed by atoms with E-state index in [0.29, 0.717) is 4.90 Å². The summed E-state index contributed by atoms with van der Waals surface area (Å²) < 4.78 is 27.7. The van der Waals surface area contributed by atoms with Crippen LogP contribution in [0.1, 0.15) is 29.8 Å². The summed E-state index contributed by atoms with van der Waals surface area (Å²) in [6, 6.07) is 7.91. The third-order valence-electron chi connectivity index (χ3n) is 4.62. The van der Waals surface area contributed by atoms with E-state index in [-0.39, 0.29) is 22.6 Å². The SMILES string of the molecule is CC(=O)c1ccccc1NC(=O)CN1C(=O)N[C@](C)(c2cc(F)ccc2F)C1=O. The molecule has 0 spiro atoms. The molecule has 29 heavy (non-hydrogen) atoms. The van der Waals surface area contributed by atoms with Gasteiger partial charge in [0.15, 0.2) is 5.78 Å². The number of para-hydroxylation sites is 1. The summed E-state index contributed by atoms with van der Waals surface area (Å²) in [5, 5.41) is 4.79. The summed E-state index contributed by atoms with van der Waals surface area (Å²) in [4.78, 5) is 49.7. The summed E-state index contributed by atoms with van der Waals surface area (Å²) in [5.41, 5.74) is -1.71. The molecule has 0 aromatic heterocycles. The van der Waals surface area contributed by atoms with Gasteiger partial charge in [-0.05, 0) is 44.2 Å². The van der Waals surface area contributed by atoms with Crippen LogP contribution >= 0.6 is 0 Å². The molecule has 150 valence electrons. The van der Waals surface area contributed by atoms with E-state index in [1.165, 1.54) is 26.0 Å². The van der Waals surface area contributed by atoms with E-state index in [9.17, 15) is 28.0 Å². The molecule has 0 aliphatic carbocycles. The van der Waals surface area contributed by atoms with Crippen molar-refractivity contribution in [2.24, 2.45) is 0 Å². The summed E-state index contributed by atoms with van der Waals surface area (Å²) in [6.45, 7) is 1.90. The van der Waals surface area contributed by atoms with Crippen molar-refractivity contribution >= 4 is 29.3 Å². The Hall–Kier alpha value is -3.62. The molecule has 2 N–H and O–H groups in total. The Balaban J connectivity index is 1.81. The fourth-order valence-corrected chi connectivity index (χ4v) is 3.14. The van der Waals surface area contributed by atoms with E-state index in [2.05, 4.69) is 10.6 Å². The van der Waals surface area contributed by atoms with Crippen LogP contribution in [0, 0.1) is 11.6 Å². The average molecular weight is 401 g/mol. The molecule has 2 aromatic rings. The number of imide groups is 1. The lowest BCUT2D eigenvalue weighted by atomic mass is 9.91. The number of hydrogen-bond donors (Lipinski definition) is 2. The zero-order valence-electron chi connectivity index (χ0n) is 15.6. The van der Waals surface area contributed by atoms with Gasteiger partial charge in [-0.3, -0.25) is 19.3 Å². The predicted octanol–water partition coefficient (Wildman–Crippen LogP) is 2.57. The van der Waals surface area contributed by atoms with Crippen molar-refractivity contribution < 1.29 is 28.0 Å². The van der Waals surface area contributed by atoms with Crippen LogP contribution in [0.4, 0.5) is 19.3 Å². The largest absolute Gasteiger partial charge is 0.325 e. The number of carbonyl (C=O) groups is 4. The minimum Gasteiger partial charge on any atom is -0.324 e. The number of amides is 4. The maximum atomic E-state index is 14.2. The van der Waals surface area contributed by atoms with E-state index in [1.54, 1.807) is 12.1 Å². The molecule has 3 rings (SSSR count). The van der Waals surface area contributed by atoms with Crippen LogP contribution in [0.5, 0.6) is 0 Å². The Bertz CT molecular complexity index is 1040. The van der Waals surface area contributed by atoms with Gasteiger partial charge in [-0.2, -0.15) is 0 Å². The fourth-order valence-electron chi connectivity index (χ4n) is 3.14. The monoisotopic (exact) mass is 401 g/mol. The van der Waals surface area contributed by atoms with Gasteiger partial charge in [0.2, 0.25) is 5.91 Å². The predicted molar refractivity (Wildman–Crippen MR) is 99.0 cm³/mol. The highest BCUT2D eigenvalue weighted by atomic mass is 19.1. The van der Waals surface area contributed by atoms with Gasteiger partial charge in [0.05, 0.1) is 5.69 Å². The number of rotatable bonds is 5. The van der Waals surface area contributed by atoms with Crippen molar-refractivity contribution in [2.45, 2.75) is 19.4 Å². The minimum atomic E-state index is -1.86. The lowest BCUT2D eigenvalue weighted by Crippen LogP contribution is -2.42. The summed E-state index contributed by atoms with van der Waals surface area (Å²) in [6.07, 6.45) is 0. The number of urea groups is 1. The maximum Gasteiger partial charge on any atom is 0.325 e. The number of ketones is 1. The van der Waals surface area contributed by atoms with Crippen LogP contribution in [0.15, 0.2) is 42.5 Å². The van der Waals surface area contributed by atoms with Crippen LogP contribution in [0.3, 0.4) is 0 Å². The molecule has 9 heteroatoms. The molecule has 1 aliphatic heterocycles. The lowest BCUT2D eigenvalue weighted by Gasteiger charge is -2.22. The van der Waals surface area contributed by atoms with E-state index in [0.717, 1.165) is 18.2 Å². The molecule has 0 radical (unpaired) electrons. The summed E-state index contributed by atoms with van der Waals surface area (Å²) in [5.74, 6) is -3.55. The molecule has 1 fully saturated rings. The summed E-state index contributed by atoms with van der Waals surface area (Å²) >= 11 is 0. The number of nitrogens with one attached hydrogen (secondary N) is 2. The van der Waals surface area contributed by atoms with Crippen molar-refractivity contribution in [3.63, 3.8) is 0 Å². The number of nitrogens with zero attached hydrogens (tertiary/aromatic N) is 1. The van der Waals surface area contributed by atoms with Crippen LogP contribution in [-0.2, 0) is 15.1 Å². The van der Waals surface area contributed by atoms with Gasteiger partial charge in [-0.15, -0.1) is 0 Å². The van der Waals surface area contributed by atoms with Gasteiger partial charge in [-0.25, -0.2) is 13.6 Å². The second-order valence-corrected chi connectivity index (χ2v) is 6.72. The van der Waals surface area contributed by atoms with Gasteiger partial charge in [0.25, 0.3) is 5.91 Å². The van der Waals surface area contributed by atoms with E-state index >= 15 is 0 Å². The Morgan fingerprint density at radius 2 is 1.83 bits per heavy atom. The van der Waals surface area contributed by atoms with Gasteiger partial charge < -0.3 is 10.6 Å². The third kappa shape index (κ3) is 3.71. The third-order valence-corrected chi connectivity index (χ3v) is 4.62. The van der Waals surface area contributed by atoms with Crippen LogP contribution in [0.2, 0.25) is 0 Å². The normalized spacial score (nSPS) is 18.6. The number of hydrogen-bond acceptors (Lipinski definition) is 4. The van der Waals surface area contributed by atoms with Crippen LogP contribution in [0.25, 0.3) is 0 Å². The maximum absolute atomic E-state index is 14.2. The molecule has 2 aromatic carbocycles. The number of anilines is 1. The summed E-state index contributed by atoms with van der Waals surface area (Å²) in [7, 11) is 0. The molecule has 1 heterocycles. The molecule has 1 atom stereocenters. The van der Waals surface area contributed by atoms with Crippen LogP contribution < -0.4 is 10.6 Å². The fraction of sp³-hybridized carbons (Fsp3) is 0.200. The van der Waals surface area contributed by atoms with Gasteiger partial charge in [0, 0.05) is 11.1 Å². The van der Waals surface area contributed by atoms with Crippen molar-refractivity contribution in [1.82, 2.24) is 10.2 Å². The van der Waals surface area contributed by atoms with Gasteiger partial charge in [0.1, 0.15) is 23.7 Å². The van der Waals surface area contributed by atoms with Crippen molar-refractivity contribution in [3.05, 3.63) is 65.2 Å². The molecule has 0 bridgehead atoms. The first-order valence-corrected chi connectivity index (χ1v) is 8.63. The Morgan fingerprint density at radius 1 is 1.14 bits per heavy atom. The van der Waals surface area contributed by atoms with Crippen LogP contribution in [-0.4, -0.2) is 35.1 Å². The molecular weight excluding hydrogens is 384 g/mol. The average Bonchev–Trinajstić information content (AvgIpc) is 2.88. The number of benzene rings is 2. The van der Waals surface area contributed by atoms with Crippen molar-refractivity contribution in [1.29, 1.82) is 0 Å². The van der Waals surface area contributed by atoms with Crippen molar-refractivity contribution in [3.8, 4) is 0 Å². The Kier molecular flexibility index (Phi) is 5.15. The topological polar surface area (TPSA) is 95.6 Å². The number of halogens is 2. The highest BCUT2D eigenvalue weighted by molar-refractivity contribution is 6.11. The smallest absolute Gasteiger partial charge is 0.324 e. The zero-order valence-corrected chi connectivity index (χ0v) is 15.6. The standard InChI is InChI=1S/C20H17F2N3O4/c1-11(26)13-5-3-4-6-16(13)23-17(27)10-25-18(28)20(2,24-19(25)29)14-9-12(21)7-8-15(14)22/h3-9H,10H2,1-2H3,(H,23,27)(H,24,29)/t20-/m1/s1.